The van der Waals surface area contributed by atoms with Crippen LogP contribution < -0.4 is 15.8 Å². The van der Waals surface area contributed by atoms with Crippen molar-refractivity contribution >= 4 is 35.2 Å². The molecule has 1 amide bonds. The van der Waals surface area contributed by atoms with Crippen LogP contribution >= 0.6 is 23.9 Å². The SMILES string of the molecule is NC(=O)Oc1ccc(Br)c(P2CCCC2)c1. The van der Waals surface area contributed by atoms with Crippen LogP contribution in [0.2, 0.25) is 0 Å². The largest absolute Gasteiger partial charge is 0.410 e. The zero-order valence-corrected chi connectivity index (χ0v) is 11.3. The number of nitrogens with two attached hydrogens (primary N) is 1. The number of hydrogen-bond donors (Lipinski definition) is 1. The number of rotatable bonds is 2. The molecular weight excluding hydrogens is 289 g/mol. The van der Waals surface area contributed by atoms with E-state index in [1.165, 1.54) is 30.5 Å². The van der Waals surface area contributed by atoms with Crippen molar-refractivity contribution in [2.75, 3.05) is 12.3 Å². The molecule has 0 atom stereocenters. The maximum atomic E-state index is 10.7. The summed E-state index contributed by atoms with van der Waals surface area (Å²) in [7, 11) is -0.0812. The molecule has 1 aromatic rings. The monoisotopic (exact) mass is 301 g/mol. The minimum absolute atomic E-state index is 0.0812. The third-order valence-electron chi connectivity index (χ3n) is 2.58. The van der Waals surface area contributed by atoms with Crippen molar-refractivity contribution in [1.29, 1.82) is 0 Å². The molecule has 2 rings (SSSR count). The molecule has 5 heteroatoms. The van der Waals surface area contributed by atoms with E-state index in [1.54, 1.807) is 6.07 Å². The zero-order valence-electron chi connectivity index (χ0n) is 8.78. The molecule has 2 N–H and O–H groups in total. The van der Waals surface area contributed by atoms with E-state index in [4.69, 9.17) is 10.5 Å². The van der Waals surface area contributed by atoms with Gasteiger partial charge in [0.25, 0.3) is 0 Å². The molecule has 0 radical (unpaired) electrons. The third-order valence-corrected chi connectivity index (χ3v) is 6.34. The number of carbonyl (C=O) groups excluding carboxylic acids is 1. The lowest BCUT2D eigenvalue weighted by Crippen LogP contribution is -2.17. The van der Waals surface area contributed by atoms with Crippen molar-refractivity contribution in [2.24, 2.45) is 5.73 Å². The van der Waals surface area contributed by atoms with Gasteiger partial charge in [-0.1, -0.05) is 23.9 Å². The molecule has 0 aromatic heterocycles. The first-order valence-electron chi connectivity index (χ1n) is 5.18. The molecule has 1 aromatic carbocycles. The van der Waals surface area contributed by atoms with E-state index in [9.17, 15) is 4.79 Å². The van der Waals surface area contributed by atoms with Gasteiger partial charge >= 0.3 is 6.09 Å². The Hall–Kier alpha value is -0.600. The lowest BCUT2D eigenvalue weighted by atomic mass is 10.3. The fourth-order valence-corrected chi connectivity index (χ4v) is 5.47. The lowest BCUT2D eigenvalue weighted by molar-refractivity contribution is 0.211. The zero-order chi connectivity index (χ0) is 11.5. The van der Waals surface area contributed by atoms with Crippen molar-refractivity contribution in [2.45, 2.75) is 12.8 Å². The Labute approximate surface area is 104 Å². The van der Waals surface area contributed by atoms with E-state index in [1.807, 2.05) is 12.1 Å². The molecule has 0 aliphatic carbocycles. The molecule has 3 nitrogen and oxygen atoms in total. The minimum atomic E-state index is -0.757. The summed E-state index contributed by atoms with van der Waals surface area (Å²) in [6, 6.07) is 5.61. The van der Waals surface area contributed by atoms with Gasteiger partial charge < -0.3 is 10.5 Å². The molecular formula is C11H13BrNO2P. The molecule has 86 valence electrons. The predicted molar refractivity (Wildman–Crippen MR) is 69.9 cm³/mol. The topological polar surface area (TPSA) is 52.3 Å². The maximum absolute atomic E-state index is 10.7. The van der Waals surface area contributed by atoms with Crippen LogP contribution in [0.25, 0.3) is 0 Å². The highest BCUT2D eigenvalue weighted by atomic mass is 79.9. The van der Waals surface area contributed by atoms with Crippen LogP contribution in [0.3, 0.4) is 0 Å². The third kappa shape index (κ3) is 2.74. The first kappa shape index (κ1) is 11.9. The smallest absolute Gasteiger partial charge is 0.409 e. The standard InChI is InChI=1S/C11H13BrNO2P/c12-9-4-3-8(15-11(13)14)7-10(9)16-5-1-2-6-16/h3-4,7H,1-2,5-6H2,(H2,13,14). The Kier molecular flexibility index (Phi) is 3.82. The van der Waals surface area contributed by atoms with E-state index in [0.717, 1.165) is 4.47 Å². The summed E-state index contributed by atoms with van der Waals surface area (Å²) in [6.07, 6.45) is 4.40. The lowest BCUT2D eigenvalue weighted by Gasteiger charge is -2.13. The number of amides is 1. The predicted octanol–water partition coefficient (Wildman–Crippen LogP) is 2.81. The van der Waals surface area contributed by atoms with Gasteiger partial charge in [-0.25, -0.2) is 4.79 Å². The highest BCUT2D eigenvalue weighted by Gasteiger charge is 2.19. The van der Waals surface area contributed by atoms with E-state index >= 15 is 0 Å². The number of hydrogen-bond acceptors (Lipinski definition) is 2. The van der Waals surface area contributed by atoms with Gasteiger partial charge in [0.05, 0.1) is 0 Å². The van der Waals surface area contributed by atoms with Gasteiger partial charge in [-0.3, -0.25) is 0 Å². The quantitative estimate of drug-likeness (QED) is 0.854. The second kappa shape index (κ2) is 5.15. The molecule has 1 aliphatic rings. The average Bonchev–Trinajstić information content (AvgIpc) is 2.73. The average molecular weight is 302 g/mol. The van der Waals surface area contributed by atoms with Gasteiger partial charge in [0.2, 0.25) is 0 Å². The van der Waals surface area contributed by atoms with Gasteiger partial charge in [0, 0.05) is 4.47 Å². The number of ether oxygens (including phenoxy) is 1. The van der Waals surface area contributed by atoms with E-state index in [-0.39, 0.29) is 7.92 Å². The van der Waals surface area contributed by atoms with Crippen LogP contribution in [-0.4, -0.2) is 18.4 Å². The highest BCUT2D eigenvalue weighted by molar-refractivity contribution is 9.10. The Balaban J connectivity index is 2.24. The summed E-state index contributed by atoms with van der Waals surface area (Å²) in [5.74, 6) is 0.542. The number of benzene rings is 1. The Morgan fingerprint density at radius 2 is 2.06 bits per heavy atom. The van der Waals surface area contributed by atoms with Gasteiger partial charge in [0.15, 0.2) is 0 Å². The van der Waals surface area contributed by atoms with Crippen LogP contribution in [0, 0.1) is 0 Å². The maximum Gasteiger partial charge on any atom is 0.409 e. The van der Waals surface area contributed by atoms with Gasteiger partial charge in [-0.15, -0.1) is 0 Å². The molecule has 0 saturated carbocycles. The summed E-state index contributed by atoms with van der Waals surface area (Å²) in [5, 5.41) is 1.28. The summed E-state index contributed by atoms with van der Waals surface area (Å²) in [4.78, 5) is 10.7. The summed E-state index contributed by atoms with van der Waals surface area (Å²) in [5.41, 5.74) is 5.00. The molecule has 0 bridgehead atoms. The minimum Gasteiger partial charge on any atom is -0.410 e. The molecule has 1 saturated heterocycles. The van der Waals surface area contributed by atoms with E-state index in [0.29, 0.717) is 5.75 Å². The van der Waals surface area contributed by atoms with Gasteiger partial charge in [-0.2, -0.15) is 0 Å². The van der Waals surface area contributed by atoms with Crippen molar-refractivity contribution in [1.82, 2.24) is 0 Å². The van der Waals surface area contributed by atoms with Crippen LogP contribution in [-0.2, 0) is 0 Å². The summed E-state index contributed by atoms with van der Waals surface area (Å²) >= 11 is 3.55. The Bertz CT molecular complexity index is 405. The Morgan fingerprint density at radius 1 is 1.38 bits per heavy atom. The summed E-state index contributed by atoms with van der Waals surface area (Å²) < 4.78 is 6.01. The normalized spacial score (nSPS) is 16.3. The molecule has 1 heterocycles. The molecule has 1 aliphatic heterocycles. The first-order valence-corrected chi connectivity index (χ1v) is 7.69. The van der Waals surface area contributed by atoms with Crippen molar-refractivity contribution in [3.05, 3.63) is 22.7 Å². The molecule has 16 heavy (non-hydrogen) atoms. The van der Waals surface area contributed by atoms with Crippen LogP contribution in [0.5, 0.6) is 5.75 Å². The van der Waals surface area contributed by atoms with Crippen molar-refractivity contribution in [3.8, 4) is 5.75 Å². The molecule has 1 fully saturated rings. The summed E-state index contributed by atoms with van der Waals surface area (Å²) in [6.45, 7) is 0. The number of halogens is 1. The van der Waals surface area contributed by atoms with Crippen LogP contribution in [0.1, 0.15) is 12.8 Å². The van der Waals surface area contributed by atoms with Crippen molar-refractivity contribution < 1.29 is 9.53 Å². The molecule has 0 unspecified atom stereocenters. The van der Waals surface area contributed by atoms with Crippen molar-refractivity contribution in [3.63, 3.8) is 0 Å². The number of primary amides is 1. The Morgan fingerprint density at radius 3 is 2.69 bits per heavy atom. The van der Waals surface area contributed by atoms with Crippen LogP contribution in [0.4, 0.5) is 4.79 Å². The van der Waals surface area contributed by atoms with Gasteiger partial charge in [-0.05, 0) is 48.7 Å². The highest BCUT2D eigenvalue weighted by Crippen LogP contribution is 2.44. The second-order valence-corrected chi connectivity index (χ2v) is 7.04. The number of carbonyl (C=O) groups is 1. The fourth-order valence-electron chi connectivity index (χ4n) is 1.87. The van der Waals surface area contributed by atoms with Gasteiger partial charge in [0.1, 0.15) is 5.75 Å². The van der Waals surface area contributed by atoms with Crippen LogP contribution in [0.15, 0.2) is 22.7 Å². The van der Waals surface area contributed by atoms with E-state index in [2.05, 4.69) is 15.9 Å². The van der Waals surface area contributed by atoms with E-state index < -0.39 is 6.09 Å². The second-order valence-electron chi connectivity index (χ2n) is 3.73. The fraction of sp³-hybridized carbons (Fsp3) is 0.364. The first-order chi connectivity index (χ1) is 7.66. The molecule has 0 spiro atoms.